The van der Waals surface area contributed by atoms with Crippen LogP contribution in [-0.2, 0) is 26.0 Å². The van der Waals surface area contributed by atoms with Crippen molar-refractivity contribution >= 4 is 27.3 Å². The van der Waals surface area contributed by atoms with Gasteiger partial charge in [-0.25, -0.2) is 8.42 Å². The Balaban J connectivity index is 1.55. The first-order chi connectivity index (χ1) is 13.8. The van der Waals surface area contributed by atoms with Gasteiger partial charge >= 0.3 is 0 Å². The van der Waals surface area contributed by atoms with Crippen molar-refractivity contribution in [1.82, 2.24) is 0 Å². The highest BCUT2D eigenvalue weighted by Gasteiger charge is 2.33. The third-order valence-corrected chi connectivity index (χ3v) is 6.96. The Morgan fingerprint density at radius 1 is 1.17 bits per heavy atom. The number of hydrogen-bond acceptors (Lipinski definition) is 4. The fourth-order valence-electron chi connectivity index (χ4n) is 3.86. The Morgan fingerprint density at radius 3 is 2.59 bits per heavy atom. The van der Waals surface area contributed by atoms with Crippen LogP contribution in [0.4, 0.5) is 11.4 Å². The highest BCUT2D eigenvalue weighted by Crippen LogP contribution is 2.33. The monoisotopic (exact) mass is 414 g/mol. The number of carbonyl (C=O) groups is 1. The van der Waals surface area contributed by atoms with Gasteiger partial charge in [-0.15, -0.1) is 0 Å². The van der Waals surface area contributed by atoms with E-state index in [4.69, 9.17) is 4.74 Å². The third-order valence-electron chi connectivity index (χ3n) is 5.56. The van der Waals surface area contributed by atoms with Crippen molar-refractivity contribution in [2.24, 2.45) is 0 Å². The van der Waals surface area contributed by atoms with E-state index in [1.807, 2.05) is 18.2 Å². The van der Waals surface area contributed by atoms with Gasteiger partial charge in [0.05, 0.1) is 10.6 Å². The Bertz CT molecular complexity index is 1010. The fraction of sp³-hybridized carbons (Fsp3) is 0.409. The van der Waals surface area contributed by atoms with Crippen molar-refractivity contribution in [3.05, 3.63) is 53.6 Å². The fourth-order valence-corrected chi connectivity index (χ4v) is 4.91. The smallest absolute Gasteiger partial charge is 0.261 e. The average molecular weight is 415 g/mol. The summed E-state index contributed by atoms with van der Waals surface area (Å²) < 4.78 is 33.8. The maximum atomic E-state index is 12.8. The first kappa shape index (κ1) is 19.9. The second kappa shape index (κ2) is 7.80. The van der Waals surface area contributed by atoms with Crippen LogP contribution in [0.5, 0.6) is 0 Å². The number of sulfonamides is 1. The van der Waals surface area contributed by atoms with Crippen LogP contribution < -0.4 is 9.62 Å². The predicted octanol–water partition coefficient (Wildman–Crippen LogP) is 3.68. The minimum atomic E-state index is -3.70. The molecule has 0 aliphatic carbocycles. The Labute approximate surface area is 171 Å². The summed E-state index contributed by atoms with van der Waals surface area (Å²) in [6.45, 7) is 5.35. The number of carbonyl (C=O) groups excluding carboxylic acids is 1. The molecule has 29 heavy (non-hydrogen) atoms. The second-order valence-corrected chi connectivity index (χ2v) is 9.60. The summed E-state index contributed by atoms with van der Waals surface area (Å²) in [5.74, 6) is 0.300. The van der Waals surface area contributed by atoms with Crippen LogP contribution in [-0.4, -0.2) is 33.6 Å². The summed E-state index contributed by atoms with van der Waals surface area (Å²) in [6.07, 6.45) is 2.01. The van der Waals surface area contributed by atoms with E-state index in [-0.39, 0.29) is 16.9 Å². The third kappa shape index (κ3) is 4.02. The molecule has 0 radical (unpaired) electrons. The molecule has 4 rings (SSSR count). The van der Waals surface area contributed by atoms with Gasteiger partial charge in [0.25, 0.3) is 15.9 Å². The summed E-state index contributed by atoms with van der Waals surface area (Å²) in [4.78, 5) is 14.7. The van der Waals surface area contributed by atoms with Gasteiger partial charge in [0, 0.05) is 18.8 Å². The Kier molecular flexibility index (Phi) is 5.36. The molecule has 0 saturated carbocycles. The molecule has 2 aromatic rings. The molecule has 0 aromatic heterocycles. The van der Waals surface area contributed by atoms with E-state index in [1.54, 1.807) is 29.2 Å². The van der Waals surface area contributed by atoms with Crippen molar-refractivity contribution < 1.29 is 17.9 Å². The van der Waals surface area contributed by atoms with E-state index in [1.165, 1.54) is 0 Å². The minimum Gasteiger partial charge on any atom is -0.368 e. The lowest BCUT2D eigenvalue weighted by molar-refractivity contribution is -0.127. The van der Waals surface area contributed by atoms with Crippen molar-refractivity contribution in [3.63, 3.8) is 0 Å². The highest BCUT2D eigenvalue weighted by molar-refractivity contribution is 7.92. The standard InChI is InChI=1S/C22H26N2O4S/c1-15(2)16-6-9-19(10-7-16)29(26,27)23-18-8-5-17-11-12-24(20(17)14-18)22(25)21-4-3-13-28-21/h5-10,14-15,21,23H,3-4,11-13H2,1-2H3. The van der Waals surface area contributed by atoms with Crippen LogP contribution in [0.1, 0.15) is 43.7 Å². The van der Waals surface area contributed by atoms with E-state index >= 15 is 0 Å². The van der Waals surface area contributed by atoms with Gasteiger partial charge in [0.15, 0.2) is 0 Å². The van der Waals surface area contributed by atoms with E-state index in [9.17, 15) is 13.2 Å². The predicted molar refractivity (Wildman–Crippen MR) is 113 cm³/mol. The zero-order valence-electron chi connectivity index (χ0n) is 16.7. The molecule has 2 aliphatic rings. The van der Waals surface area contributed by atoms with E-state index in [0.717, 1.165) is 36.1 Å². The summed E-state index contributed by atoms with van der Waals surface area (Å²) in [5.41, 5.74) is 3.34. The van der Waals surface area contributed by atoms with Crippen molar-refractivity contribution in [2.75, 3.05) is 22.8 Å². The molecule has 154 valence electrons. The molecular formula is C22H26N2O4S. The average Bonchev–Trinajstić information content (AvgIpc) is 3.37. The maximum Gasteiger partial charge on any atom is 0.261 e. The van der Waals surface area contributed by atoms with Crippen molar-refractivity contribution in [2.45, 2.75) is 50.0 Å². The van der Waals surface area contributed by atoms with Gasteiger partial charge < -0.3 is 9.64 Å². The number of benzene rings is 2. The highest BCUT2D eigenvalue weighted by atomic mass is 32.2. The summed E-state index contributed by atoms with van der Waals surface area (Å²) in [7, 11) is -3.70. The Morgan fingerprint density at radius 2 is 1.93 bits per heavy atom. The molecule has 6 nitrogen and oxygen atoms in total. The number of hydrogen-bond donors (Lipinski definition) is 1. The number of nitrogens with one attached hydrogen (secondary N) is 1. The molecule has 2 aliphatic heterocycles. The topological polar surface area (TPSA) is 75.7 Å². The van der Waals surface area contributed by atoms with Crippen LogP contribution in [0.2, 0.25) is 0 Å². The van der Waals surface area contributed by atoms with Crippen LogP contribution in [0, 0.1) is 0 Å². The van der Waals surface area contributed by atoms with E-state index in [2.05, 4.69) is 18.6 Å². The number of ether oxygens (including phenoxy) is 1. The number of rotatable bonds is 5. The van der Waals surface area contributed by atoms with Gasteiger partial charge in [-0.2, -0.15) is 0 Å². The molecule has 1 atom stereocenters. The lowest BCUT2D eigenvalue weighted by atomic mass is 10.0. The number of anilines is 2. The molecule has 2 aromatic carbocycles. The van der Waals surface area contributed by atoms with Crippen molar-refractivity contribution in [3.8, 4) is 0 Å². The maximum absolute atomic E-state index is 12.8. The molecule has 0 bridgehead atoms. The Hall–Kier alpha value is -2.38. The van der Waals surface area contributed by atoms with Crippen LogP contribution >= 0.6 is 0 Å². The zero-order valence-corrected chi connectivity index (χ0v) is 17.5. The van der Waals surface area contributed by atoms with Gasteiger partial charge in [-0.05, 0) is 60.6 Å². The quantitative estimate of drug-likeness (QED) is 0.810. The number of amides is 1. The molecule has 1 amide bonds. The van der Waals surface area contributed by atoms with E-state index < -0.39 is 10.0 Å². The molecule has 1 saturated heterocycles. The number of nitrogens with zero attached hydrogens (tertiary/aromatic N) is 1. The largest absolute Gasteiger partial charge is 0.368 e. The second-order valence-electron chi connectivity index (χ2n) is 7.91. The van der Waals surface area contributed by atoms with Crippen LogP contribution in [0.15, 0.2) is 47.4 Å². The van der Waals surface area contributed by atoms with Crippen LogP contribution in [0.3, 0.4) is 0 Å². The summed E-state index contributed by atoms with van der Waals surface area (Å²) in [5, 5.41) is 0. The minimum absolute atomic E-state index is 0.0365. The zero-order chi connectivity index (χ0) is 20.6. The van der Waals surface area contributed by atoms with Crippen molar-refractivity contribution in [1.29, 1.82) is 0 Å². The first-order valence-electron chi connectivity index (χ1n) is 10.0. The normalized spacial score (nSPS) is 18.9. The molecule has 0 spiro atoms. The molecule has 1 N–H and O–H groups in total. The molecule has 7 heteroatoms. The van der Waals surface area contributed by atoms with Gasteiger partial charge in [0.2, 0.25) is 0 Å². The lowest BCUT2D eigenvalue weighted by Gasteiger charge is -2.21. The molecule has 2 heterocycles. The SMILES string of the molecule is CC(C)c1ccc(S(=O)(=O)Nc2ccc3c(c2)N(C(=O)C2CCCO2)CC3)cc1. The molecule has 1 fully saturated rings. The molecular weight excluding hydrogens is 388 g/mol. The molecule has 1 unspecified atom stereocenters. The van der Waals surface area contributed by atoms with Gasteiger partial charge in [0.1, 0.15) is 6.10 Å². The van der Waals surface area contributed by atoms with Gasteiger partial charge in [-0.3, -0.25) is 9.52 Å². The number of fused-ring (bicyclic) bond motifs is 1. The lowest BCUT2D eigenvalue weighted by Crippen LogP contribution is -2.37. The van der Waals surface area contributed by atoms with Gasteiger partial charge in [-0.1, -0.05) is 32.0 Å². The van der Waals surface area contributed by atoms with Crippen LogP contribution in [0.25, 0.3) is 0 Å². The summed E-state index contributed by atoms with van der Waals surface area (Å²) in [6, 6.07) is 12.3. The van der Waals surface area contributed by atoms with E-state index in [0.29, 0.717) is 24.8 Å². The summed E-state index contributed by atoms with van der Waals surface area (Å²) >= 11 is 0. The first-order valence-corrected chi connectivity index (χ1v) is 11.5.